The quantitative estimate of drug-likeness (QED) is 0.876. The number of anilines is 2. The van der Waals surface area contributed by atoms with Gasteiger partial charge in [0.1, 0.15) is 5.60 Å². The summed E-state index contributed by atoms with van der Waals surface area (Å²) in [5.74, 6) is 0. The Morgan fingerprint density at radius 1 is 1.25 bits per heavy atom. The Morgan fingerprint density at radius 3 is 2.40 bits per heavy atom. The zero-order valence-electron chi connectivity index (χ0n) is 12.0. The molecule has 0 bridgehead atoms. The summed E-state index contributed by atoms with van der Waals surface area (Å²) in [6.07, 6.45) is -3.05. The highest BCUT2D eigenvalue weighted by Gasteiger charge is 2.17. The summed E-state index contributed by atoms with van der Waals surface area (Å²) in [7, 11) is 0. The normalized spacial score (nSPS) is 12.9. The van der Waals surface area contributed by atoms with Crippen LogP contribution in [-0.2, 0) is 4.74 Å². The second-order valence-electron chi connectivity index (χ2n) is 5.48. The number of carbonyl (C=O) groups is 1. The number of amides is 1. The van der Waals surface area contributed by atoms with E-state index in [0.29, 0.717) is 11.4 Å². The summed E-state index contributed by atoms with van der Waals surface area (Å²) in [6.45, 7) is 6.66. The summed E-state index contributed by atoms with van der Waals surface area (Å²) < 4.78 is 30.0. The van der Waals surface area contributed by atoms with Gasteiger partial charge < -0.3 is 10.1 Å². The first kappa shape index (κ1) is 16.2. The number of halogens is 2. The van der Waals surface area contributed by atoms with Crippen LogP contribution < -0.4 is 10.6 Å². The van der Waals surface area contributed by atoms with E-state index in [0.717, 1.165) is 0 Å². The van der Waals surface area contributed by atoms with Crippen LogP contribution in [0.3, 0.4) is 0 Å². The van der Waals surface area contributed by atoms with Gasteiger partial charge in [-0.05, 0) is 45.9 Å². The van der Waals surface area contributed by atoms with Crippen molar-refractivity contribution in [2.45, 2.75) is 45.8 Å². The van der Waals surface area contributed by atoms with E-state index in [1.165, 1.54) is 6.92 Å². The van der Waals surface area contributed by atoms with Crippen LogP contribution in [0.15, 0.2) is 24.3 Å². The first-order chi connectivity index (χ1) is 9.17. The fraction of sp³-hybridized carbons (Fsp3) is 0.500. The lowest BCUT2D eigenvalue weighted by Gasteiger charge is -2.20. The molecule has 0 aliphatic carbocycles. The zero-order valence-corrected chi connectivity index (χ0v) is 12.0. The molecule has 112 valence electrons. The molecule has 1 aromatic carbocycles. The molecule has 0 heterocycles. The van der Waals surface area contributed by atoms with E-state index in [2.05, 4.69) is 10.6 Å². The van der Waals surface area contributed by atoms with E-state index in [-0.39, 0.29) is 0 Å². The molecule has 0 spiro atoms. The van der Waals surface area contributed by atoms with Crippen molar-refractivity contribution in [1.82, 2.24) is 0 Å². The van der Waals surface area contributed by atoms with Crippen molar-refractivity contribution in [3.05, 3.63) is 24.3 Å². The second-order valence-corrected chi connectivity index (χ2v) is 5.48. The highest BCUT2D eigenvalue weighted by Crippen LogP contribution is 2.18. The van der Waals surface area contributed by atoms with E-state index in [9.17, 15) is 13.6 Å². The van der Waals surface area contributed by atoms with Gasteiger partial charge in [0, 0.05) is 11.4 Å². The number of hydrogen-bond acceptors (Lipinski definition) is 3. The first-order valence-corrected chi connectivity index (χ1v) is 6.32. The van der Waals surface area contributed by atoms with Crippen LogP contribution in [0.4, 0.5) is 25.0 Å². The zero-order chi connectivity index (χ0) is 15.3. The monoisotopic (exact) mass is 286 g/mol. The molecule has 0 aromatic heterocycles. The van der Waals surface area contributed by atoms with Gasteiger partial charge in [0.2, 0.25) is 0 Å². The van der Waals surface area contributed by atoms with Crippen LogP contribution in [-0.4, -0.2) is 24.2 Å². The lowest BCUT2D eigenvalue weighted by molar-refractivity contribution is 0.0636. The molecule has 4 nitrogen and oxygen atoms in total. The van der Waals surface area contributed by atoms with Gasteiger partial charge in [-0.1, -0.05) is 6.07 Å². The third kappa shape index (κ3) is 5.86. The second kappa shape index (κ2) is 6.54. The first-order valence-electron chi connectivity index (χ1n) is 6.32. The van der Waals surface area contributed by atoms with E-state index in [1.807, 2.05) is 0 Å². The van der Waals surface area contributed by atoms with Crippen LogP contribution in [0.2, 0.25) is 0 Å². The summed E-state index contributed by atoms with van der Waals surface area (Å²) >= 11 is 0. The Kier molecular flexibility index (Phi) is 5.30. The standard InChI is InChI=1S/C14H20F2N2O2/c1-9(12(15)16)17-10-6-5-7-11(8-10)18-13(19)20-14(2,3)4/h5-9,12,17H,1-4H3,(H,18,19). The molecule has 0 saturated heterocycles. The Hall–Kier alpha value is -1.85. The van der Waals surface area contributed by atoms with Crippen LogP contribution in [0.5, 0.6) is 0 Å². The maximum atomic E-state index is 12.5. The summed E-state index contributed by atoms with van der Waals surface area (Å²) in [6, 6.07) is 5.57. The Bertz CT molecular complexity index is 459. The highest BCUT2D eigenvalue weighted by molar-refractivity contribution is 5.85. The number of hydrogen-bond donors (Lipinski definition) is 2. The molecule has 20 heavy (non-hydrogen) atoms. The van der Waals surface area contributed by atoms with Crippen molar-refractivity contribution in [3.8, 4) is 0 Å². The third-order valence-electron chi connectivity index (χ3n) is 2.28. The number of carbonyl (C=O) groups excluding carboxylic acids is 1. The third-order valence-corrected chi connectivity index (χ3v) is 2.28. The van der Waals surface area contributed by atoms with Gasteiger partial charge in [-0.15, -0.1) is 0 Å². The molecule has 0 aliphatic rings. The molecule has 2 N–H and O–H groups in total. The van der Waals surface area contributed by atoms with Crippen molar-refractivity contribution in [1.29, 1.82) is 0 Å². The Balaban J connectivity index is 2.66. The topological polar surface area (TPSA) is 50.4 Å². The fourth-order valence-electron chi connectivity index (χ4n) is 1.43. The lowest BCUT2D eigenvalue weighted by atomic mass is 10.2. The van der Waals surface area contributed by atoms with Crippen LogP contribution in [0.1, 0.15) is 27.7 Å². The van der Waals surface area contributed by atoms with Gasteiger partial charge in [-0.25, -0.2) is 13.6 Å². The van der Waals surface area contributed by atoms with Gasteiger partial charge in [0.05, 0.1) is 6.04 Å². The number of ether oxygens (including phenoxy) is 1. The summed E-state index contributed by atoms with van der Waals surface area (Å²) in [5.41, 5.74) is 0.390. The number of alkyl halides is 2. The summed E-state index contributed by atoms with van der Waals surface area (Å²) in [4.78, 5) is 11.6. The lowest BCUT2D eigenvalue weighted by Crippen LogP contribution is -2.27. The van der Waals surface area contributed by atoms with Crippen LogP contribution in [0.25, 0.3) is 0 Å². The Morgan fingerprint density at radius 2 is 1.85 bits per heavy atom. The molecule has 1 rings (SSSR count). The molecule has 0 radical (unpaired) electrons. The Labute approximate surface area is 117 Å². The van der Waals surface area contributed by atoms with Crippen molar-refractivity contribution in [2.24, 2.45) is 0 Å². The molecular weight excluding hydrogens is 266 g/mol. The molecule has 1 unspecified atom stereocenters. The minimum atomic E-state index is -2.46. The predicted molar refractivity (Wildman–Crippen MR) is 75.4 cm³/mol. The van der Waals surface area contributed by atoms with Crippen molar-refractivity contribution in [3.63, 3.8) is 0 Å². The van der Waals surface area contributed by atoms with Crippen LogP contribution >= 0.6 is 0 Å². The van der Waals surface area contributed by atoms with Crippen molar-refractivity contribution < 1.29 is 18.3 Å². The van der Waals surface area contributed by atoms with Crippen molar-refractivity contribution in [2.75, 3.05) is 10.6 Å². The average molecular weight is 286 g/mol. The summed E-state index contributed by atoms with van der Waals surface area (Å²) in [5, 5.41) is 5.21. The average Bonchev–Trinajstić information content (AvgIpc) is 2.26. The van der Waals surface area contributed by atoms with E-state index in [4.69, 9.17) is 4.74 Å². The van der Waals surface area contributed by atoms with E-state index in [1.54, 1.807) is 45.0 Å². The largest absolute Gasteiger partial charge is 0.444 e. The minimum Gasteiger partial charge on any atom is -0.444 e. The van der Waals surface area contributed by atoms with Gasteiger partial charge in [0.15, 0.2) is 0 Å². The van der Waals surface area contributed by atoms with Gasteiger partial charge >= 0.3 is 6.09 Å². The van der Waals surface area contributed by atoms with E-state index >= 15 is 0 Å². The molecule has 1 amide bonds. The maximum absolute atomic E-state index is 12.5. The van der Waals surface area contributed by atoms with Gasteiger partial charge in [-0.2, -0.15) is 0 Å². The minimum absolute atomic E-state index is 0.478. The van der Waals surface area contributed by atoms with Gasteiger partial charge in [-0.3, -0.25) is 5.32 Å². The molecule has 0 fully saturated rings. The smallest absolute Gasteiger partial charge is 0.412 e. The van der Waals surface area contributed by atoms with Crippen LogP contribution in [0, 0.1) is 0 Å². The fourth-order valence-corrected chi connectivity index (χ4v) is 1.43. The van der Waals surface area contributed by atoms with E-state index < -0.39 is 24.2 Å². The molecule has 0 saturated carbocycles. The molecule has 6 heteroatoms. The SMILES string of the molecule is CC(Nc1cccc(NC(=O)OC(C)(C)C)c1)C(F)F. The molecular formula is C14H20F2N2O2. The number of benzene rings is 1. The molecule has 1 aromatic rings. The maximum Gasteiger partial charge on any atom is 0.412 e. The number of nitrogens with one attached hydrogen (secondary N) is 2. The number of rotatable bonds is 4. The highest BCUT2D eigenvalue weighted by atomic mass is 19.3. The molecule has 0 aliphatic heterocycles. The van der Waals surface area contributed by atoms with Crippen molar-refractivity contribution >= 4 is 17.5 Å². The van der Waals surface area contributed by atoms with Gasteiger partial charge in [0.25, 0.3) is 6.43 Å². The predicted octanol–water partition coefficient (Wildman–Crippen LogP) is 4.10. The molecule has 1 atom stereocenters.